The predicted molar refractivity (Wildman–Crippen MR) is 126 cm³/mol. The number of rotatable bonds is 5. The number of aryl methyl sites for hydroxylation is 1. The Kier molecular flexibility index (Phi) is 5.24. The first-order chi connectivity index (χ1) is 14.8. The first kappa shape index (κ1) is 18.9. The summed E-state index contributed by atoms with van der Waals surface area (Å²) in [5.74, 6) is 0. The second kappa shape index (κ2) is 8.33. The molecule has 3 aromatic carbocycles. The second-order valence-electron chi connectivity index (χ2n) is 8.00. The van der Waals surface area contributed by atoms with E-state index in [0.29, 0.717) is 0 Å². The smallest absolute Gasteiger partial charge is 0.0543 e. The van der Waals surface area contributed by atoms with Crippen molar-refractivity contribution in [3.63, 3.8) is 0 Å². The summed E-state index contributed by atoms with van der Waals surface area (Å²) in [4.78, 5) is 2.51. The second-order valence-corrected chi connectivity index (χ2v) is 8.00. The van der Waals surface area contributed by atoms with E-state index in [1.807, 2.05) is 6.21 Å². The molecule has 4 nitrogen and oxygen atoms in total. The van der Waals surface area contributed by atoms with E-state index in [0.717, 1.165) is 44.8 Å². The van der Waals surface area contributed by atoms with Crippen molar-refractivity contribution in [2.24, 2.45) is 5.10 Å². The summed E-state index contributed by atoms with van der Waals surface area (Å²) >= 11 is 0. The maximum absolute atomic E-state index is 4.78. The topological polar surface area (TPSA) is 23.8 Å². The third-order valence-corrected chi connectivity index (χ3v) is 6.08. The van der Waals surface area contributed by atoms with Crippen molar-refractivity contribution >= 4 is 28.0 Å². The third kappa shape index (κ3) is 3.71. The summed E-state index contributed by atoms with van der Waals surface area (Å²) in [6, 6.07) is 26.1. The molecule has 1 aliphatic rings. The molecule has 0 N–H and O–H groups in total. The van der Waals surface area contributed by atoms with Crippen LogP contribution in [0.1, 0.15) is 18.1 Å². The Balaban J connectivity index is 1.29. The van der Waals surface area contributed by atoms with Gasteiger partial charge in [-0.15, -0.1) is 0 Å². The molecule has 1 saturated heterocycles. The fourth-order valence-electron chi connectivity index (χ4n) is 4.49. The number of benzene rings is 3. The lowest BCUT2D eigenvalue weighted by Gasteiger charge is -2.33. The molecule has 0 amide bonds. The van der Waals surface area contributed by atoms with Crippen LogP contribution in [0.4, 0.5) is 0 Å². The van der Waals surface area contributed by atoms with Gasteiger partial charge in [0.05, 0.1) is 6.21 Å². The number of para-hydroxylation sites is 1. The molecule has 0 unspecified atom stereocenters. The number of nitrogens with zero attached hydrogens (tertiary/aromatic N) is 4. The van der Waals surface area contributed by atoms with Gasteiger partial charge in [-0.3, -0.25) is 9.91 Å². The largest absolute Gasteiger partial charge is 0.341 e. The lowest BCUT2D eigenvalue weighted by Crippen LogP contribution is -2.43. The normalized spacial score (nSPS) is 15.6. The molecule has 0 spiro atoms. The van der Waals surface area contributed by atoms with Gasteiger partial charge in [0.25, 0.3) is 0 Å². The molecule has 152 valence electrons. The highest BCUT2D eigenvalue weighted by Gasteiger charge is 2.15. The molecular weight excluding hydrogens is 368 g/mol. The Labute approximate surface area is 178 Å². The summed E-state index contributed by atoms with van der Waals surface area (Å²) in [5, 5.41) is 9.61. The molecule has 0 bridgehead atoms. The third-order valence-electron chi connectivity index (χ3n) is 6.08. The van der Waals surface area contributed by atoms with E-state index in [4.69, 9.17) is 5.10 Å². The first-order valence-corrected chi connectivity index (χ1v) is 10.9. The molecule has 0 saturated carbocycles. The van der Waals surface area contributed by atoms with Crippen molar-refractivity contribution in [1.82, 2.24) is 14.5 Å². The lowest BCUT2D eigenvalue weighted by atomic mass is 10.1. The molecule has 30 heavy (non-hydrogen) atoms. The van der Waals surface area contributed by atoms with Gasteiger partial charge in [-0.1, -0.05) is 54.6 Å². The van der Waals surface area contributed by atoms with Gasteiger partial charge < -0.3 is 4.57 Å². The Morgan fingerprint density at radius 2 is 1.53 bits per heavy atom. The van der Waals surface area contributed by atoms with Gasteiger partial charge >= 0.3 is 0 Å². The standard InChI is InChI=1S/C26H28N4/c1-2-30-25-11-7-6-10-23(25)24-18-22(12-13-26(24)30)19-27-29-16-14-28(15-17-29)20-21-8-4-3-5-9-21/h3-13,18-19H,2,14-17,20H2,1H3/b27-19-. The molecule has 0 radical (unpaired) electrons. The number of aromatic nitrogens is 1. The van der Waals surface area contributed by atoms with Crippen molar-refractivity contribution in [2.45, 2.75) is 20.0 Å². The molecule has 1 aromatic heterocycles. The maximum Gasteiger partial charge on any atom is 0.0543 e. The minimum Gasteiger partial charge on any atom is -0.341 e. The summed E-state index contributed by atoms with van der Waals surface area (Å²) in [7, 11) is 0. The summed E-state index contributed by atoms with van der Waals surface area (Å²) in [6.07, 6.45) is 2.02. The van der Waals surface area contributed by atoms with E-state index >= 15 is 0 Å². The van der Waals surface area contributed by atoms with Crippen LogP contribution in [0.25, 0.3) is 21.8 Å². The average Bonchev–Trinajstić information content (AvgIpc) is 3.12. The number of hydrazone groups is 1. The van der Waals surface area contributed by atoms with E-state index < -0.39 is 0 Å². The average molecular weight is 397 g/mol. The quantitative estimate of drug-likeness (QED) is 0.445. The lowest BCUT2D eigenvalue weighted by molar-refractivity contribution is 0.131. The summed E-state index contributed by atoms with van der Waals surface area (Å²) in [5.41, 5.74) is 5.14. The van der Waals surface area contributed by atoms with Crippen LogP contribution >= 0.6 is 0 Å². The van der Waals surface area contributed by atoms with Gasteiger partial charge in [-0.25, -0.2) is 0 Å². The van der Waals surface area contributed by atoms with Gasteiger partial charge in [0, 0.05) is 61.1 Å². The van der Waals surface area contributed by atoms with Crippen LogP contribution in [-0.4, -0.2) is 46.9 Å². The van der Waals surface area contributed by atoms with E-state index in [1.165, 1.54) is 27.4 Å². The number of piperazine rings is 1. The van der Waals surface area contributed by atoms with Gasteiger partial charge in [0.2, 0.25) is 0 Å². The zero-order valence-electron chi connectivity index (χ0n) is 17.5. The monoisotopic (exact) mass is 396 g/mol. The van der Waals surface area contributed by atoms with Crippen LogP contribution in [0.5, 0.6) is 0 Å². The van der Waals surface area contributed by atoms with Crippen LogP contribution in [0, 0.1) is 0 Å². The Hall–Kier alpha value is -3.11. The van der Waals surface area contributed by atoms with E-state index in [2.05, 4.69) is 94.2 Å². The number of hydrogen-bond acceptors (Lipinski definition) is 3. The zero-order chi connectivity index (χ0) is 20.3. The summed E-state index contributed by atoms with van der Waals surface area (Å²) in [6.45, 7) is 8.26. The molecule has 2 heterocycles. The fraction of sp³-hybridized carbons (Fsp3) is 0.269. The SMILES string of the molecule is CCn1c2ccccc2c2cc(/C=N\N3CCN(Cc4ccccc4)CC3)ccc21. The van der Waals surface area contributed by atoms with Crippen molar-refractivity contribution in [1.29, 1.82) is 0 Å². The molecular formula is C26H28N4. The van der Waals surface area contributed by atoms with E-state index in [1.54, 1.807) is 0 Å². The zero-order valence-corrected chi connectivity index (χ0v) is 17.5. The van der Waals surface area contributed by atoms with Crippen LogP contribution in [0.2, 0.25) is 0 Å². The van der Waals surface area contributed by atoms with Gasteiger partial charge in [-0.05, 0) is 36.2 Å². The van der Waals surface area contributed by atoms with E-state index in [-0.39, 0.29) is 0 Å². The highest BCUT2D eigenvalue weighted by molar-refractivity contribution is 6.09. The molecule has 4 aromatic rings. The molecule has 0 aliphatic carbocycles. The van der Waals surface area contributed by atoms with Gasteiger partial charge in [0.15, 0.2) is 0 Å². The molecule has 1 aliphatic heterocycles. The highest BCUT2D eigenvalue weighted by atomic mass is 15.5. The van der Waals surface area contributed by atoms with Crippen molar-refractivity contribution in [3.8, 4) is 0 Å². The molecule has 1 fully saturated rings. The van der Waals surface area contributed by atoms with E-state index in [9.17, 15) is 0 Å². The minimum absolute atomic E-state index is 0.973. The van der Waals surface area contributed by atoms with Crippen molar-refractivity contribution in [3.05, 3.63) is 83.9 Å². The summed E-state index contributed by atoms with van der Waals surface area (Å²) < 4.78 is 2.39. The van der Waals surface area contributed by atoms with Crippen LogP contribution in [0.15, 0.2) is 77.9 Å². The van der Waals surface area contributed by atoms with Crippen LogP contribution < -0.4 is 0 Å². The highest BCUT2D eigenvalue weighted by Crippen LogP contribution is 2.29. The molecule has 4 heteroatoms. The van der Waals surface area contributed by atoms with Crippen molar-refractivity contribution < 1.29 is 0 Å². The first-order valence-electron chi connectivity index (χ1n) is 10.9. The number of fused-ring (bicyclic) bond motifs is 3. The molecule has 0 atom stereocenters. The maximum atomic E-state index is 4.78. The Morgan fingerprint density at radius 1 is 0.800 bits per heavy atom. The van der Waals surface area contributed by atoms with Crippen molar-refractivity contribution in [2.75, 3.05) is 26.2 Å². The van der Waals surface area contributed by atoms with Crippen LogP contribution in [-0.2, 0) is 13.1 Å². The number of hydrogen-bond donors (Lipinski definition) is 0. The predicted octanol–water partition coefficient (Wildman–Crippen LogP) is 4.97. The fourth-order valence-corrected chi connectivity index (χ4v) is 4.49. The minimum atomic E-state index is 0.973. The van der Waals surface area contributed by atoms with Gasteiger partial charge in [-0.2, -0.15) is 5.10 Å². The van der Waals surface area contributed by atoms with Crippen LogP contribution in [0.3, 0.4) is 0 Å². The van der Waals surface area contributed by atoms with Gasteiger partial charge in [0.1, 0.15) is 0 Å². The Morgan fingerprint density at radius 3 is 2.33 bits per heavy atom. The Bertz CT molecular complexity index is 1170. The molecule has 5 rings (SSSR count).